The van der Waals surface area contributed by atoms with Crippen molar-refractivity contribution in [3.05, 3.63) is 0 Å². The number of hydrogen-bond donors (Lipinski definition) is 1. The van der Waals surface area contributed by atoms with Gasteiger partial charge in [0.1, 0.15) is 0 Å². The molecular weight excluding hydrogens is 168 g/mol. The first kappa shape index (κ1) is 7.76. The Balaban J connectivity index is 2.26. The van der Waals surface area contributed by atoms with Crippen LogP contribution in [-0.2, 0) is 0 Å². The summed E-state index contributed by atoms with van der Waals surface area (Å²) in [4.78, 5) is 11.5. The number of carbonyl (C=O) groups is 1. The minimum Gasteiger partial charge on any atom is -0.465 e. The van der Waals surface area contributed by atoms with Gasteiger partial charge in [0, 0.05) is 12.5 Å². The fourth-order valence-corrected chi connectivity index (χ4v) is 2.24. The zero-order valence-electron chi connectivity index (χ0n) is 6.33. The molecule has 2 bridgehead atoms. The maximum Gasteiger partial charge on any atom is 0.408 e. The molecule has 1 amide bonds. The van der Waals surface area contributed by atoms with E-state index in [1.54, 1.807) is 0 Å². The van der Waals surface area contributed by atoms with E-state index in [1.807, 2.05) is 0 Å². The summed E-state index contributed by atoms with van der Waals surface area (Å²) in [6.07, 6.45) is -0.597. The van der Waals surface area contributed by atoms with Crippen LogP contribution in [0.5, 0.6) is 0 Å². The molecule has 2 aliphatic heterocycles. The second-order valence-electron chi connectivity index (χ2n) is 3.40. The predicted molar refractivity (Wildman–Crippen MR) is 36.2 cm³/mol. The van der Waals surface area contributed by atoms with Crippen LogP contribution < -0.4 is 0 Å². The molecule has 2 aliphatic rings. The summed E-state index contributed by atoms with van der Waals surface area (Å²) in [5, 5.41) is 8.62. The van der Waals surface area contributed by atoms with Crippen LogP contribution in [0.25, 0.3) is 0 Å². The topological polar surface area (TPSA) is 40.5 Å². The molecule has 2 unspecified atom stereocenters. The van der Waals surface area contributed by atoms with Crippen molar-refractivity contribution in [3.8, 4) is 0 Å². The van der Waals surface area contributed by atoms with Crippen LogP contribution in [0.1, 0.15) is 19.3 Å². The van der Waals surface area contributed by atoms with Crippen molar-refractivity contribution < 1.29 is 18.7 Å². The number of amides is 1. The molecule has 0 spiro atoms. The van der Waals surface area contributed by atoms with Crippen molar-refractivity contribution in [2.24, 2.45) is 0 Å². The monoisotopic (exact) mass is 177 g/mol. The average molecular weight is 177 g/mol. The van der Waals surface area contributed by atoms with E-state index in [2.05, 4.69) is 0 Å². The molecule has 0 saturated carbocycles. The highest BCUT2D eigenvalue weighted by Gasteiger charge is 2.59. The van der Waals surface area contributed by atoms with Crippen molar-refractivity contribution in [3.63, 3.8) is 0 Å². The summed E-state index contributed by atoms with van der Waals surface area (Å²) < 4.78 is 25.9. The number of rotatable bonds is 0. The summed E-state index contributed by atoms with van der Waals surface area (Å²) in [5.41, 5.74) is 0. The standard InChI is InChI=1S/C7H9F2NO2/c8-7(9)3-4-1-2-5(7)10(4)6(11)12/h4-5H,1-3H2,(H,11,12). The second-order valence-corrected chi connectivity index (χ2v) is 3.40. The van der Waals surface area contributed by atoms with Crippen molar-refractivity contribution in [1.82, 2.24) is 4.90 Å². The van der Waals surface area contributed by atoms with Crippen molar-refractivity contribution in [2.45, 2.75) is 37.3 Å². The Labute approximate surface area is 68.0 Å². The lowest BCUT2D eigenvalue weighted by Gasteiger charge is -2.20. The Kier molecular flexibility index (Phi) is 1.35. The van der Waals surface area contributed by atoms with E-state index < -0.39 is 24.1 Å². The molecule has 5 heteroatoms. The molecule has 68 valence electrons. The lowest BCUT2D eigenvalue weighted by molar-refractivity contribution is -0.0334. The normalized spacial score (nSPS) is 37.3. The fraction of sp³-hybridized carbons (Fsp3) is 0.857. The van der Waals surface area contributed by atoms with Gasteiger partial charge in [-0.2, -0.15) is 0 Å². The van der Waals surface area contributed by atoms with Crippen molar-refractivity contribution >= 4 is 6.09 Å². The summed E-state index contributed by atoms with van der Waals surface area (Å²) in [6.45, 7) is 0. The highest BCUT2D eigenvalue weighted by Crippen LogP contribution is 2.47. The molecule has 1 N–H and O–H groups in total. The minimum absolute atomic E-state index is 0.288. The summed E-state index contributed by atoms with van der Waals surface area (Å²) in [6, 6.07) is -1.50. The van der Waals surface area contributed by atoms with Gasteiger partial charge in [0.25, 0.3) is 5.92 Å². The van der Waals surface area contributed by atoms with Gasteiger partial charge in [-0.1, -0.05) is 0 Å². The first-order chi connectivity index (χ1) is 5.52. The van der Waals surface area contributed by atoms with Gasteiger partial charge in [-0.05, 0) is 12.8 Å². The Morgan fingerprint density at radius 3 is 2.42 bits per heavy atom. The molecule has 12 heavy (non-hydrogen) atoms. The minimum atomic E-state index is -2.79. The van der Waals surface area contributed by atoms with Crippen LogP contribution in [0, 0.1) is 0 Å². The van der Waals surface area contributed by atoms with E-state index in [0.29, 0.717) is 12.8 Å². The molecule has 2 rings (SSSR count). The molecule has 0 aromatic carbocycles. The van der Waals surface area contributed by atoms with Crippen molar-refractivity contribution in [2.75, 3.05) is 0 Å². The number of nitrogens with zero attached hydrogens (tertiary/aromatic N) is 1. The number of fused-ring (bicyclic) bond motifs is 2. The van der Waals surface area contributed by atoms with Gasteiger partial charge in [-0.3, -0.25) is 4.90 Å². The van der Waals surface area contributed by atoms with Gasteiger partial charge in [-0.25, -0.2) is 13.6 Å². The molecule has 0 aromatic rings. The van der Waals surface area contributed by atoms with Gasteiger partial charge in [-0.15, -0.1) is 0 Å². The van der Waals surface area contributed by atoms with Gasteiger partial charge in [0.2, 0.25) is 0 Å². The molecule has 3 nitrogen and oxygen atoms in total. The van der Waals surface area contributed by atoms with E-state index >= 15 is 0 Å². The number of halogens is 2. The lowest BCUT2D eigenvalue weighted by atomic mass is 9.97. The van der Waals surface area contributed by atoms with Crippen LogP contribution in [0.2, 0.25) is 0 Å². The Bertz CT molecular complexity index is 231. The highest BCUT2D eigenvalue weighted by atomic mass is 19.3. The summed E-state index contributed by atoms with van der Waals surface area (Å²) in [7, 11) is 0. The van der Waals surface area contributed by atoms with E-state index in [0.717, 1.165) is 4.90 Å². The zero-order valence-corrected chi connectivity index (χ0v) is 6.33. The molecule has 0 aromatic heterocycles. The summed E-state index contributed by atoms with van der Waals surface area (Å²) >= 11 is 0. The summed E-state index contributed by atoms with van der Waals surface area (Å²) in [5.74, 6) is -2.79. The first-order valence-electron chi connectivity index (χ1n) is 3.91. The molecule has 2 heterocycles. The van der Waals surface area contributed by atoms with Gasteiger partial charge in [0.05, 0.1) is 6.04 Å². The number of hydrogen-bond acceptors (Lipinski definition) is 1. The van der Waals surface area contributed by atoms with E-state index in [1.165, 1.54) is 0 Å². The number of alkyl halides is 2. The maximum absolute atomic E-state index is 12.9. The van der Waals surface area contributed by atoms with Gasteiger partial charge < -0.3 is 5.11 Å². The third kappa shape index (κ3) is 0.820. The SMILES string of the molecule is O=C(O)N1C2CCC1C(F)(F)C2. The van der Waals surface area contributed by atoms with Crippen molar-refractivity contribution in [1.29, 1.82) is 0 Å². The third-order valence-corrected chi connectivity index (χ3v) is 2.72. The zero-order chi connectivity index (χ0) is 8.93. The largest absolute Gasteiger partial charge is 0.465 e. The van der Waals surface area contributed by atoms with Crippen LogP contribution in [0.3, 0.4) is 0 Å². The fourth-order valence-electron chi connectivity index (χ4n) is 2.24. The molecule has 0 radical (unpaired) electrons. The quantitative estimate of drug-likeness (QED) is 0.609. The maximum atomic E-state index is 12.9. The first-order valence-corrected chi connectivity index (χ1v) is 3.91. The van der Waals surface area contributed by atoms with Gasteiger partial charge >= 0.3 is 6.09 Å². The Morgan fingerprint density at radius 1 is 1.50 bits per heavy atom. The smallest absolute Gasteiger partial charge is 0.408 e. The van der Waals surface area contributed by atoms with Crippen LogP contribution in [-0.4, -0.2) is 34.1 Å². The van der Waals surface area contributed by atoms with E-state index in [4.69, 9.17) is 5.11 Å². The predicted octanol–water partition coefficient (Wildman–Crippen LogP) is 1.54. The Hall–Kier alpha value is -0.870. The molecular formula is C7H9F2NO2. The average Bonchev–Trinajstić information content (AvgIpc) is 2.38. The van der Waals surface area contributed by atoms with E-state index in [-0.39, 0.29) is 6.42 Å². The Morgan fingerprint density at radius 2 is 2.17 bits per heavy atom. The molecule has 0 aliphatic carbocycles. The molecule has 2 fully saturated rings. The number of carboxylic acid groups (broad SMARTS) is 1. The van der Waals surface area contributed by atoms with Gasteiger partial charge in [0.15, 0.2) is 0 Å². The second kappa shape index (κ2) is 2.08. The van der Waals surface area contributed by atoms with Crippen LogP contribution in [0.4, 0.5) is 13.6 Å². The van der Waals surface area contributed by atoms with Crippen LogP contribution in [0.15, 0.2) is 0 Å². The van der Waals surface area contributed by atoms with E-state index in [9.17, 15) is 13.6 Å². The molecule has 2 saturated heterocycles. The highest BCUT2D eigenvalue weighted by molar-refractivity contribution is 5.67. The third-order valence-electron chi connectivity index (χ3n) is 2.72. The van der Waals surface area contributed by atoms with Crippen LogP contribution >= 0.6 is 0 Å². The lowest BCUT2D eigenvalue weighted by Crippen LogP contribution is -2.39. The molecule has 2 atom stereocenters.